The summed E-state index contributed by atoms with van der Waals surface area (Å²) < 4.78 is 5.51. The number of likely N-dealkylation sites (N-methyl/N-ethyl adjacent to an activating group) is 1. The van der Waals surface area contributed by atoms with Crippen LogP contribution in [-0.4, -0.2) is 46.4 Å². The van der Waals surface area contributed by atoms with Crippen LogP contribution in [0, 0.1) is 0 Å². The van der Waals surface area contributed by atoms with E-state index < -0.39 is 12.0 Å². The fourth-order valence-corrected chi connectivity index (χ4v) is 2.41. The van der Waals surface area contributed by atoms with Crippen molar-refractivity contribution < 1.29 is 14.3 Å². The van der Waals surface area contributed by atoms with Crippen molar-refractivity contribution in [3.63, 3.8) is 0 Å². The summed E-state index contributed by atoms with van der Waals surface area (Å²) in [6, 6.07) is 0.211. The number of carbonyl (C=O) groups is 2. The molecule has 106 valence electrons. The lowest BCUT2D eigenvalue weighted by atomic mass is 10.1. The number of imide groups is 1. The Morgan fingerprint density at radius 1 is 1.40 bits per heavy atom. The van der Waals surface area contributed by atoms with Gasteiger partial charge in [-0.05, 0) is 7.05 Å². The van der Waals surface area contributed by atoms with Gasteiger partial charge in [-0.1, -0.05) is 0 Å². The second-order valence-electron chi connectivity index (χ2n) is 5.17. The molecule has 1 aromatic heterocycles. The van der Waals surface area contributed by atoms with E-state index in [0.29, 0.717) is 6.42 Å². The molecule has 1 unspecified atom stereocenters. The fourth-order valence-electron chi connectivity index (χ4n) is 2.41. The van der Waals surface area contributed by atoms with Gasteiger partial charge in [0.15, 0.2) is 6.10 Å². The monoisotopic (exact) mass is 276 g/mol. The fraction of sp³-hybridized carbons (Fsp3) is 0.538. The third-order valence-electron chi connectivity index (χ3n) is 3.54. The number of ether oxygens (including phenoxy) is 1. The first-order valence-corrected chi connectivity index (χ1v) is 6.65. The molecule has 7 nitrogen and oxygen atoms in total. The van der Waals surface area contributed by atoms with Crippen molar-refractivity contribution in [1.82, 2.24) is 20.2 Å². The molecule has 0 bridgehead atoms. The number of nitrogens with one attached hydrogen (secondary N) is 1. The van der Waals surface area contributed by atoms with E-state index in [2.05, 4.69) is 27.2 Å². The first-order valence-electron chi connectivity index (χ1n) is 6.65. The van der Waals surface area contributed by atoms with Crippen LogP contribution in [0.25, 0.3) is 0 Å². The maximum atomic E-state index is 11.6. The van der Waals surface area contributed by atoms with Gasteiger partial charge in [0, 0.05) is 44.1 Å². The highest BCUT2D eigenvalue weighted by Gasteiger charge is 2.29. The molecule has 1 saturated heterocycles. The van der Waals surface area contributed by atoms with E-state index in [1.165, 1.54) is 0 Å². The Morgan fingerprint density at radius 2 is 2.25 bits per heavy atom. The van der Waals surface area contributed by atoms with Crippen molar-refractivity contribution in [2.75, 3.05) is 13.6 Å². The second kappa shape index (κ2) is 5.16. The van der Waals surface area contributed by atoms with E-state index in [1.54, 1.807) is 6.20 Å². The molecule has 0 saturated carbocycles. The topological polar surface area (TPSA) is 84.4 Å². The molecule has 1 N–H and O–H groups in total. The summed E-state index contributed by atoms with van der Waals surface area (Å²) in [6.07, 6.45) is 2.57. The average Bonchev–Trinajstić information content (AvgIpc) is 2.42. The van der Waals surface area contributed by atoms with E-state index in [0.717, 1.165) is 30.8 Å². The number of carbonyl (C=O) groups excluding carboxylic acids is 2. The zero-order chi connectivity index (χ0) is 14.1. The van der Waals surface area contributed by atoms with Gasteiger partial charge in [-0.15, -0.1) is 0 Å². The average molecular weight is 276 g/mol. The maximum Gasteiger partial charge on any atom is 0.317 e. The Bertz CT molecular complexity index is 561. The molecule has 1 aromatic rings. The number of hydrogen-bond donors (Lipinski definition) is 1. The standard InChI is InChI=1S/C13H16N4O3/c1-17-5-4-9-8(7-17)6-14-13(15-9)20-10-2-3-11(18)16-12(10)19/h6,10H,2-5,7H2,1H3,(H,16,18,19). The van der Waals surface area contributed by atoms with Crippen LogP contribution in [0.2, 0.25) is 0 Å². The Balaban J connectivity index is 1.72. The number of aromatic nitrogens is 2. The van der Waals surface area contributed by atoms with Gasteiger partial charge in [0.05, 0.1) is 5.69 Å². The van der Waals surface area contributed by atoms with E-state index in [4.69, 9.17) is 4.74 Å². The molecule has 1 fully saturated rings. The van der Waals surface area contributed by atoms with Gasteiger partial charge in [0.25, 0.3) is 5.91 Å². The van der Waals surface area contributed by atoms with Crippen LogP contribution >= 0.6 is 0 Å². The Labute approximate surface area is 116 Å². The smallest absolute Gasteiger partial charge is 0.317 e. The van der Waals surface area contributed by atoms with Crippen LogP contribution in [0.15, 0.2) is 6.20 Å². The van der Waals surface area contributed by atoms with Crippen LogP contribution in [0.1, 0.15) is 24.1 Å². The molecule has 0 spiro atoms. The number of piperidine rings is 1. The number of rotatable bonds is 2. The van der Waals surface area contributed by atoms with Crippen LogP contribution in [0.4, 0.5) is 0 Å². The molecule has 3 rings (SSSR count). The van der Waals surface area contributed by atoms with Gasteiger partial charge in [-0.2, -0.15) is 4.98 Å². The van der Waals surface area contributed by atoms with Gasteiger partial charge in [0.1, 0.15) is 0 Å². The Hall–Kier alpha value is -2.02. The number of hydrogen-bond acceptors (Lipinski definition) is 6. The summed E-state index contributed by atoms with van der Waals surface area (Å²) in [6.45, 7) is 1.77. The summed E-state index contributed by atoms with van der Waals surface area (Å²) in [5.41, 5.74) is 2.06. The van der Waals surface area contributed by atoms with Gasteiger partial charge in [-0.3, -0.25) is 14.9 Å². The molecule has 2 aliphatic rings. The predicted molar refractivity (Wildman–Crippen MR) is 68.9 cm³/mol. The van der Waals surface area contributed by atoms with Crippen molar-refractivity contribution in [2.45, 2.75) is 31.9 Å². The van der Waals surface area contributed by atoms with Crippen molar-refractivity contribution in [1.29, 1.82) is 0 Å². The number of amides is 2. The van der Waals surface area contributed by atoms with E-state index in [-0.39, 0.29) is 18.3 Å². The Morgan fingerprint density at radius 3 is 3.05 bits per heavy atom. The van der Waals surface area contributed by atoms with Crippen molar-refractivity contribution in [3.8, 4) is 6.01 Å². The predicted octanol–water partition coefficient (Wildman–Crippen LogP) is -0.351. The highest BCUT2D eigenvalue weighted by molar-refractivity contribution is 5.99. The summed E-state index contributed by atoms with van der Waals surface area (Å²) in [7, 11) is 2.05. The molecule has 20 heavy (non-hydrogen) atoms. The summed E-state index contributed by atoms with van der Waals surface area (Å²) in [5, 5.41) is 2.25. The molecular formula is C13H16N4O3. The summed E-state index contributed by atoms with van der Waals surface area (Å²) in [4.78, 5) is 33.4. The van der Waals surface area contributed by atoms with Crippen LogP contribution in [0.3, 0.4) is 0 Å². The van der Waals surface area contributed by atoms with Crippen molar-refractivity contribution in [2.24, 2.45) is 0 Å². The number of fused-ring (bicyclic) bond motifs is 1. The third-order valence-corrected chi connectivity index (χ3v) is 3.54. The maximum absolute atomic E-state index is 11.6. The highest BCUT2D eigenvalue weighted by Crippen LogP contribution is 2.19. The van der Waals surface area contributed by atoms with E-state index in [9.17, 15) is 9.59 Å². The van der Waals surface area contributed by atoms with Gasteiger partial charge < -0.3 is 9.64 Å². The Kier molecular flexibility index (Phi) is 3.35. The number of nitrogens with zero attached hydrogens (tertiary/aromatic N) is 3. The van der Waals surface area contributed by atoms with E-state index >= 15 is 0 Å². The quantitative estimate of drug-likeness (QED) is 0.743. The molecule has 1 atom stereocenters. The first-order chi connectivity index (χ1) is 9.61. The van der Waals surface area contributed by atoms with Crippen LogP contribution in [0.5, 0.6) is 6.01 Å². The van der Waals surface area contributed by atoms with Gasteiger partial charge >= 0.3 is 6.01 Å². The van der Waals surface area contributed by atoms with E-state index in [1.807, 2.05) is 0 Å². The largest absolute Gasteiger partial charge is 0.450 e. The first kappa shape index (κ1) is 13.0. The molecule has 0 aromatic carbocycles. The second-order valence-corrected chi connectivity index (χ2v) is 5.17. The molecule has 0 radical (unpaired) electrons. The molecular weight excluding hydrogens is 260 g/mol. The molecule has 2 aliphatic heterocycles. The summed E-state index contributed by atoms with van der Waals surface area (Å²) in [5.74, 6) is -0.674. The minimum absolute atomic E-state index is 0.211. The van der Waals surface area contributed by atoms with Gasteiger partial charge in [0.2, 0.25) is 5.91 Å². The lowest BCUT2D eigenvalue weighted by Gasteiger charge is -2.25. The van der Waals surface area contributed by atoms with Crippen LogP contribution < -0.4 is 10.1 Å². The van der Waals surface area contributed by atoms with Crippen molar-refractivity contribution in [3.05, 3.63) is 17.5 Å². The lowest BCUT2D eigenvalue weighted by Crippen LogP contribution is -2.46. The molecule has 0 aliphatic carbocycles. The van der Waals surface area contributed by atoms with Crippen molar-refractivity contribution >= 4 is 11.8 Å². The third kappa shape index (κ3) is 2.62. The minimum Gasteiger partial charge on any atom is -0.450 e. The zero-order valence-corrected chi connectivity index (χ0v) is 11.3. The minimum atomic E-state index is -0.683. The SMILES string of the molecule is CN1CCc2nc(OC3CCC(=O)NC3=O)ncc2C1. The lowest BCUT2D eigenvalue weighted by molar-refractivity contribution is -0.139. The zero-order valence-electron chi connectivity index (χ0n) is 11.3. The molecule has 3 heterocycles. The van der Waals surface area contributed by atoms with Gasteiger partial charge in [-0.25, -0.2) is 4.98 Å². The highest BCUT2D eigenvalue weighted by atomic mass is 16.5. The summed E-state index contributed by atoms with van der Waals surface area (Å²) >= 11 is 0. The molecule has 7 heteroatoms. The molecule has 2 amide bonds. The normalized spacial score (nSPS) is 23.1. The van der Waals surface area contributed by atoms with Crippen LogP contribution in [-0.2, 0) is 22.6 Å².